The molecule has 3 heteroatoms. The summed E-state index contributed by atoms with van der Waals surface area (Å²) >= 11 is 0. The Hall–Kier alpha value is -0.830. The average molecular weight is 211 g/mol. The Morgan fingerprint density at radius 3 is 2.53 bits per heavy atom. The Labute approximate surface area is 91.6 Å². The number of nitrogens with one attached hydrogen (secondary N) is 1. The minimum atomic E-state index is 0.183. The van der Waals surface area contributed by atoms with Crippen LogP contribution >= 0.6 is 0 Å². The third kappa shape index (κ3) is 4.98. The normalized spacial score (nSPS) is 15.8. The van der Waals surface area contributed by atoms with E-state index in [0.29, 0.717) is 0 Å². The van der Waals surface area contributed by atoms with Crippen LogP contribution in [0.15, 0.2) is 12.2 Å². The molecule has 0 fully saturated rings. The fourth-order valence-corrected chi connectivity index (χ4v) is 1.78. The van der Waals surface area contributed by atoms with Gasteiger partial charge in [0, 0.05) is 19.1 Å². The molecule has 0 aliphatic heterocycles. The minimum Gasteiger partial charge on any atom is -0.396 e. The summed E-state index contributed by atoms with van der Waals surface area (Å²) in [4.78, 5) is 11.5. The van der Waals surface area contributed by atoms with E-state index in [4.69, 9.17) is 5.11 Å². The number of rotatable bonds is 7. The summed E-state index contributed by atoms with van der Waals surface area (Å²) in [5, 5.41) is 11.5. The Balaban J connectivity index is 1.93. The molecule has 0 saturated carbocycles. The van der Waals surface area contributed by atoms with Gasteiger partial charge in [-0.1, -0.05) is 25.0 Å². The fourth-order valence-electron chi connectivity index (χ4n) is 1.78. The number of hydrogen-bond acceptors (Lipinski definition) is 2. The zero-order chi connectivity index (χ0) is 10.9. The predicted molar refractivity (Wildman–Crippen MR) is 60.4 cm³/mol. The van der Waals surface area contributed by atoms with Crippen LogP contribution in [0.4, 0.5) is 0 Å². The SMILES string of the molecule is O=C(NCCCCCCO)C1CC=CC1. The molecule has 1 aliphatic rings. The van der Waals surface area contributed by atoms with Crippen LogP contribution in [0.2, 0.25) is 0 Å². The highest BCUT2D eigenvalue weighted by Gasteiger charge is 2.17. The zero-order valence-corrected chi connectivity index (χ0v) is 9.24. The number of hydrogen-bond donors (Lipinski definition) is 2. The van der Waals surface area contributed by atoms with Gasteiger partial charge in [-0.15, -0.1) is 0 Å². The molecular weight excluding hydrogens is 190 g/mol. The highest BCUT2D eigenvalue weighted by Crippen LogP contribution is 2.17. The van der Waals surface area contributed by atoms with Gasteiger partial charge in [0.2, 0.25) is 5.91 Å². The molecule has 0 atom stereocenters. The van der Waals surface area contributed by atoms with E-state index >= 15 is 0 Å². The van der Waals surface area contributed by atoms with Gasteiger partial charge in [0.25, 0.3) is 0 Å². The quantitative estimate of drug-likeness (QED) is 0.496. The summed E-state index contributed by atoms with van der Waals surface area (Å²) in [6, 6.07) is 0. The van der Waals surface area contributed by atoms with Crippen molar-refractivity contribution in [3.05, 3.63) is 12.2 Å². The van der Waals surface area contributed by atoms with Crippen molar-refractivity contribution in [2.45, 2.75) is 38.5 Å². The van der Waals surface area contributed by atoms with Crippen molar-refractivity contribution in [2.24, 2.45) is 5.92 Å². The van der Waals surface area contributed by atoms with Crippen molar-refractivity contribution in [3.8, 4) is 0 Å². The van der Waals surface area contributed by atoms with Crippen molar-refractivity contribution in [2.75, 3.05) is 13.2 Å². The van der Waals surface area contributed by atoms with E-state index in [1.807, 2.05) is 0 Å². The first-order valence-corrected chi connectivity index (χ1v) is 5.88. The molecule has 0 radical (unpaired) electrons. The van der Waals surface area contributed by atoms with Crippen LogP contribution in [0.5, 0.6) is 0 Å². The van der Waals surface area contributed by atoms with Crippen LogP contribution in [-0.2, 0) is 4.79 Å². The zero-order valence-electron chi connectivity index (χ0n) is 9.24. The van der Waals surface area contributed by atoms with Gasteiger partial charge in [-0.3, -0.25) is 4.79 Å². The summed E-state index contributed by atoms with van der Waals surface area (Å²) < 4.78 is 0. The van der Waals surface area contributed by atoms with E-state index in [1.54, 1.807) is 0 Å². The van der Waals surface area contributed by atoms with Crippen molar-refractivity contribution in [1.29, 1.82) is 0 Å². The molecule has 86 valence electrons. The lowest BCUT2D eigenvalue weighted by Gasteiger charge is -2.09. The first-order valence-electron chi connectivity index (χ1n) is 5.88. The topological polar surface area (TPSA) is 49.3 Å². The second-order valence-electron chi connectivity index (χ2n) is 4.07. The highest BCUT2D eigenvalue weighted by atomic mass is 16.2. The summed E-state index contributed by atoms with van der Waals surface area (Å²) in [6.07, 6.45) is 9.98. The van der Waals surface area contributed by atoms with E-state index < -0.39 is 0 Å². The molecule has 3 nitrogen and oxygen atoms in total. The van der Waals surface area contributed by atoms with Crippen LogP contribution in [0.1, 0.15) is 38.5 Å². The molecule has 1 aliphatic carbocycles. The number of allylic oxidation sites excluding steroid dienone is 2. The van der Waals surface area contributed by atoms with Crippen molar-refractivity contribution >= 4 is 5.91 Å². The van der Waals surface area contributed by atoms with Crippen molar-refractivity contribution < 1.29 is 9.90 Å². The Kier molecular flexibility index (Phi) is 6.09. The van der Waals surface area contributed by atoms with Crippen LogP contribution < -0.4 is 5.32 Å². The van der Waals surface area contributed by atoms with Gasteiger partial charge < -0.3 is 10.4 Å². The average Bonchev–Trinajstić information content (AvgIpc) is 2.76. The van der Waals surface area contributed by atoms with Crippen LogP contribution in [0, 0.1) is 5.92 Å². The second kappa shape index (κ2) is 7.46. The Morgan fingerprint density at radius 1 is 1.20 bits per heavy atom. The van der Waals surface area contributed by atoms with Crippen LogP contribution in [0.3, 0.4) is 0 Å². The molecule has 1 rings (SSSR count). The number of unbranched alkanes of at least 4 members (excludes halogenated alkanes) is 3. The third-order valence-corrected chi connectivity index (χ3v) is 2.76. The van der Waals surface area contributed by atoms with Crippen molar-refractivity contribution in [1.82, 2.24) is 5.32 Å². The largest absolute Gasteiger partial charge is 0.396 e. The van der Waals surface area contributed by atoms with Crippen molar-refractivity contribution in [3.63, 3.8) is 0 Å². The number of amides is 1. The Morgan fingerprint density at radius 2 is 1.87 bits per heavy atom. The van der Waals surface area contributed by atoms with Crippen LogP contribution in [0.25, 0.3) is 0 Å². The lowest BCUT2D eigenvalue weighted by molar-refractivity contribution is -0.124. The van der Waals surface area contributed by atoms with Gasteiger partial charge in [-0.25, -0.2) is 0 Å². The molecular formula is C12H21NO2. The summed E-state index contributed by atoms with van der Waals surface area (Å²) in [5.74, 6) is 0.379. The number of aliphatic hydroxyl groups excluding tert-OH is 1. The first-order chi connectivity index (χ1) is 7.34. The van der Waals surface area contributed by atoms with Gasteiger partial charge >= 0.3 is 0 Å². The summed E-state index contributed by atoms with van der Waals surface area (Å²) in [6.45, 7) is 1.06. The van der Waals surface area contributed by atoms with Gasteiger partial charge in [-0.2, -0.15) is 0 Å². The Bertz CT molecular complexity index is 206. The molecule has 0 aromatic rings. The second-order valence-corrected chi connectivity index (χ2v) is 4.07. The van der Waals surface area contributed by atoms with E-state index in [2.05, 4.69) is 17.5 Å². The number of carbonyl (C=O) groups is 1. The van der Waals surface area contributed by atoms with E-state index in [9.17, 15) is 4.79 Å². The van der Waals surface area contributed by atoms with E-state index in [-0.39, 0.29) is 18.4 Å². The molecule has 0 unspecified atom stereocenters. The summed E-state index contributed by atoms with van der Waals surface area (Å²) in [7, 11) is 0. The first kappa shape index (κ1) is 12.2. The van der Waals surface area contributed by atoms with Crippen LogP contribution in [-0.4, -0.2) is 24.2 Å². The van der Waals surface area contributed by atoms with Gasteiger partial charge in [0.1, 0.15) is 0 Å². The van der Waals surface area contributed by atoms with Gasteiger partial charge in [0.15, 0.2) is 0 Å². The molecule has 0 heterocycles. The maximum atomic E-state index is 11.5. The van der Waals surface area contributed by atoms with E-state index in [0.717, 1.165) is 45.1 Å². The smallest absolute Gasteiger partial charge is 0.223 e. The molecule has 0 aromatic carbocycles. The minimum absolute atomic E-state index is 0.183. The maximum Gasteiger partial charge on any atom is 0.223 e. The molecule has 0 aromatic heterocycles. The van der Waals surface area contributed by atoms with E-state index in [1.165, 1.54) is 0 Å². The standard InChI is InChI=1S/C12H21NO2/c14-10-6-2-1-5-9-13-12(15)11-7-3-4-8-11/h3-4,11,14H,1-2,5-10H2,(H,13,15). The molecule has 1 amide bonds. The lowest BCUT2D eigenvalue weighted by Crippen LogP contribution is -2.30. The van der Waals surface area contributed by atoms with Gasteiger partial charge in [0.05, 0.1) is 0 Å². The molecule has 0 saturated heterocycles. The molecule has 0 bridgehead atoms. The lowest BCUT2D eigenvalue weighted by atomic mass is 10.1. The monoisotopic (exact) mass is 211 g/mol. The molecule has 2 N–H and O–H groups in total. The fraction of sp³-hybridized carbons (Fsp3) is 0.750. The third-order valence-electron chi connectivity index (χ3n) is 2.76. The number of carbonyl (C=O) groups excluding carboxylic acids is 1. The highest BCUT2D eigenvalue weighted by molar-refractivity contribution is 5.79. The molecule has 0 spiro atoms. The predicted octanol–water partition coefficient (Wildman–Crippen LogP) is 1.62. The maximum absolute atomic E-state index is 11.5. The number of aliphatic hydroxyl groups is 1. The summed E-state index contributed by atoms with van der Waals surface area (Å²) in [5.41, 5.74) is 0. The molecule has 15 heavy (non-hydrogen) atoms. The van der Waals surface area contributed by atoms with Gasteiger partial charge in [-0.05, 0) is 25.7 Å².